The fourth-order valence-corrected chi connectivity index (χ4v) is 2.46. The number of rotatable bonds is 7. The molecule has 126 valence electrons. The van der Waals surface area contributed by atoms with Gasteiger partial charge in [-0.3, -0.25) is 0 Å². The molecule has 2 aromatic rings. The highest BCUT2D eigenvalue weighted by atomic mass is 16.5. The molecule has 0 aliphatic carbocycles. The van der Waals surface area contributed by atoms with Gasteiger partial charge in [0.2, 0.25) is 0 Å². The van der Waals surface area contributed by atoms with E-state index in [0.29, 0.717) is 0 Å². The van der Waals surface area contributed by atoms with Crippen LogP contribution in [0.25, 0.3) is 11.6 Å². The Hall–Kier alpha value is -2.48. The Morgan fingerprint density at radius 3 is 2.42 bits per heavy atom. The molecule has 2 heteroatoms. The Bertz CT molecular complexity index is 709. The van der Waals surface area contributed by atoms with Gasteiger partial charge in [0.15, 0.2) is 11.5 Å². The lowest BCUT2D eigenvalue weighted by Crippen LogP contribution is -1.91. The summed E-state index contributed by atoms with van der Waals surface area (Å²) in [6, 6.07) is 14.1. The molecule has 0 saturated carbocycles. The van der Waals surface area contributed by atoms with Crippen molar-refractivity contribution in [1.82, 2.24) is 0 Å². The summed E-state index contributed by atoms with van der Waals surface area (Å²) in [5.41, 5.74) is 3.62. The second-order valence-electron chi connectivity index (χ2n) is 5.71. The first-order chi connectivity index (χ1) is 11.7. The zero-order valence-electron chi connectivity index (χ0n) is 15.0. The van der Waals surface area contributed by atoms with Gasteiger partial charge in [-0.15, -0.1) is 0 Å². The van der Waals surface area contributed by atoms with Crippen LogP contribution in [-0.4, -0.2) is 7.11 Å². The van der Waals surface area contributed by atoms with E-state index < -0.39 is 0 Å². The van der Waals surface area contributed by atoms with Crippen LogP contribution in [0.2, 0.25) is 0 Å². The molecule has 0 amide bonds. The van der Waals surface area contributed by atoms with Gasteiger partial charge in [-0.1, -0.05) is 49.8 Å². The number of hydrogen-bond acceptors (Lipinski definition) is 2. The molecule has 0 heterocycles. The van der Waals surface area contributed by atoms with Crippen molar-refractivity contribution >= 4 is 11.6 Å². The number of ether oxygens (including phenoxy) is 2. The topological polar surface area (TPSA) is 18.5 Å². The first kappa shape index (κ1) is 17.9. The van der Waals surface area contributed by atoms with Gasteiger partial charge < -0.3 is 9.47 Å². The van der Waals surface area contributed by atoms with Gasteiger partial charge in [-0.05, 0) is 61.2 Å². The molecular weight excluding hydrogens is 296 g/mol. The fraction of sp³-hybridized carbons (Fsp3) is 0.273. The third-order valence-electron chi connectivity index (χ3n) is 3.82. The van der Waals surface area contributed by atoms with Crippen LogP contribution in [0, 0.1) is 0 Å². The van der Waals surface area contributed by atoms with E-state index in [1.807, 2.05) is 49.4 Å². The number of unbranched alkanes of at least 4 members (excludes halogenated alkanes) is 1. The number of methoxy groups -OCH3 is 1. The lowest BCUT2D eigenvalue weighted by atomic mass is 10.1. The van der Waals surface area contributed by atoms with E-state index in [1.165, 1.54) is 17.6 Å². The van der Waals surface area contributed by atoms with Gasteiger partial charge in [-0.25, -0.2) is 0 Å². The van der Waals surface area contributed by atoms with Crippen LogP contribution in [0.15, 0.2) is 54.6 Å². The number of allylic oxidation sites excluding steroid dienone is 3. The maximum atomic E-state index is 5.98. The average molecular weight is 322 g/mol. The van der Waals surface area contributed by atoms with E-state index in [4.69, 9.17) is 9.47 Å². The van der Waals surface area contributed by atoms with Gasteiger partial charge in [0.25, 0.3) is 0 Å². The van der Waals surface area contributed by atoms with Crippen molar-refractivity contribution in [3.63, 3.8) is 0 Å². The number of benzene rings is 2. The second kappa shape index (κ2) is 8.97. The van der Waals surface area contributed by atoms with Crippen LogP contribution >= 0.6 is 0 Å². The Morgan fingerprint density at radius 2 is 1.79 bits per heavy atom. The van der Waals surface area contributed by atoms with Gasteiger partial charge in [-0.2, -0.15) is 0 Å². The molecule has 0 aliphatic rings. The van der Waals surface area contributed by atoms with Gasteiger partial charge in [0.05, 0.1) is 7.11 Å². The van der Waals surface area contributed by atoms with E-state index in [0.717, 1.165) is 29.2 Å². The van der Waals surface area contributed by atoms with Crippen molar-refractivity contribution in [3.8, 4) is 17.2 Å². The minimum atomic E-state index is 0.719. The van der Waals surface area contributed by atoms with Crippen LogP contribution in [0.1, 0.15) is 44.7 Å². The predicted molar refractivity (Wildman–Crippen MR) is 103 cm³/mol. The molecule has 24 heavy (non-hydrogen) atoms. The quantitative estimate of drug-likeness (QED) is 0.563. The molecule has 0 atom stereocenters. The molecule has 0 aromatic heterocycles. The molecule has 0 saturated heterocycles. The van der Waals surface area contributed by atoms with Crippen molar-refractivity contribution in [2.45, 2.75) is 33.6 Å². The van der Waals surface area contributed by atoms with Crippen molar-refractivity contribution in [1.29, 1.82) is 0 Å². The smallest absolute Gasteiger partial charge is 0.169 e. The second-order valence-corrected chi connectivity index (χ2v) is 5.71. The van der Waals surface area contributed by atoms with Gasteiger partial charge >= 0.3 is 0 Å². The molecule has 2 aromatic carbocycles. The Morgan fingerprint density at radius 1 is 1.04 bits per heavy atom. The predicted octanol–water partition coefficient (Wildman–Crippen LogP) is 6.72. The molecule has 0 radical (unpaired) electrons. The summed E-state index contributed by atoms with van der Waals surface area (Å²) in [7, 11) is 1.66. The van der Waals surface area contributed by atoms with E-state index in [-0.39, 0.29) is 0 Å². The summed E-state index contributed by atoms with van der Waals surface area (Å²) in [5, 5.41) is 0. The molecule has 0 aliphatic heterocycles. The normalized spacial score (nSPS) is 11.8. The van der Waals surface area contributed by atoms with Crippen LogP contribution in [-0.2, 0) is 0 Å². The highest BCUT2D eigenvalue weighted by molar-refractivity contribution is 5.64. The summed E-state index contributed by atoms with van der Waals surface area (Å²) >= 11 is 0. The van der Waals surface area contributed by atoms with Crippen LogP contribution in [0.3, 0.4) is 0 Å². The Kier molecular flexibility index (Phi) is 6.68. The first-order valence-corrected chi connectivity index (χ1v) is 8.43. The van der Waals surface area contributed by atoms with E-state index in [2.05, 4.69) is 32.1 Å². The van der Waals surface area contributed by atoms with E-state index >= 15 is 0 Å². The van der Waals surface area contributed by atoms with Gasteiger partial charge in [0, 0.05) is 0 Å². The largest absolute Gasteiger partial charge is 0.493 e. The monoisotopic (exact) mass is 322 g/mol. The summed E-state index contributed by atoms with van der Waals surface area (Å²) in [5.74, 6) is 2.25. The first-order valence-electron chi connectivity index (χ1n) is 8.43. The SMILES string of the molecule is C/C=C/c1ccc(Oc2ccc(/C(C)=C/CCC)cc2)c(OC)c1. The molecule has 2 nitrogen and oxygen atoms in total. The lowest BCUT2D eigenvalue weighted by molar-refractivity contribution is 0.379. The van der Waals surface area contributed by atoms with Crippen molar-refractivity contribution in [2.75, 3.05) is 7.11 Å². The highest BCUT2D eigenvalue weighted by Gasteiger charge is 2.06. The van der Waals surface area contributed by atoms with E-state index in [9.17, 15) is 0 Å². The molecule has 0 bridgehead atoms. The molecule has 0 fully saturated rings. The molecule has 0 spiro atoms. The molecular formula is C22H26O2. The average Bonchev–Trinajstić information content (AvgIpc) is 2.61. The highest BCUT2D eigenvalue weighted by Crippen LogP contribution is 2.33. The molecule has 2 rings (SSSR count). The molecule has 0 unspecified atom stereocenters. The van der Waals surface area contributed by atoms with Crippen molar-refractivity contribution in [2.24, 2.45) is 0 Å². The third kappa shape index (κ3) is 4.76. The minimum absolute atomic E-state index is 0.719. The third-order valence-corrected chi connectivity index (χ3v) is 3.82. The summed E-state index contributed by atoms with van der Waals surface area (Å²) < 4.78 is 11.4. The van der Waals surface area contributed by atoms with Crippen LogP contribution in [0.4, 0.5) is 0 Å². The Labute approximate surface area is 145 Å². The van der Waals surface area contributed by atoms with Gasteiger partial charge in [0.1, 0.15) is 5.75 Å². The maximum absolute atomic E-state index is 5.98. The molecule has 0 N–H and O–H groups in total. The summed E-state index contributed by atoms with van der Waals surface area (Å²) in [6.45, 7) is 6.33. The zero-order chi connectivity index (χ0) is 17.4. The van der Waals surface area contributed by atoms with E-state index in [1.54, 1.807) is 7.11 Å². The van der Waals surface area contributed by atoms with Crippen molar-refractivity contribution in [3.05, 3.63) is 65.7 Å². The Balaban J connectivity index is 2.16. The lowest BCUT2D eigenvalue weighted by Gasteiger charge is -2.11. The minimum Gasteiger partial charge on any atom is -0.493 e. The summed E-state index contributed by atoms with van der Waals surface area (Å²) in [6.07, 6.45) is 8.59. The summed E-state index contributed by atoms with van der Waals surface area (Å²) in [4.78, 5) is 0. The standard InChI is InChI=1S/C22H26O2/c1-5-7-9-17(3)19-11-13-20(14-12-19)24-21-15-10-18(8-6-2)16-22(21)23-4/h6,8-16H,5,7H2,1-4H3/b8-6+,17-9+. The zero-order valence-corrected chi connectivity index (χ0v) is 15.0. The maximum Gasteiger partial charge on any atom is 0.169 e. The number of hydrogen-bond donors (Lipinski definition) is 0. The van der Waals surface area contributed by atoms with Crippen LogP contribution < -0.4 is 9.47 Å². The fourth-order valence-electron chi connectivity index (χ4n) is 2.46. The van der Waals surface area contributed by atoms with Crippen molar-refractivity contribution < 1.29 is 9.47 Å². The van der Waals surface area contributed by atoms with Crippen LogP contribution in [0.5, 0.6) is 17.2 Å².